The van der Waals surface area contributed by atoms with E-state index in [4.69, 9.17) is 21.3 Å². The lowest BCUT2D eigenvalue weighted by Crippen LogP contribution is -2.44. The average molecular weight is 530 g/mol. The first-order valence-corrected chi connectivity index (χ1v) is 10.2. The zero-order valence-corrected chi connectivity index (χ0v) is 20.0. The molecule has 0 aliphatic carbocycles. The monoisotopic (exact) mass is 529 g/mol. The zero-order chi connectivity index (χ0) is 19.8. The molecule has 0 spiro atoms. The van der Waals surface area contributed by atoms with Gasteiger partial charge in [0.15, 0.2) is 5.96 Å². The highest BCUT2D eigenvalue weighted by molar-refractivity contribution is 14.0. The Hall–Kier alpha value is -1.74. The van der Waals surface area contributed by atoms with Gasteiger partial charge in [0, 0.05) is 31.9 Å². The molecule has 1 fully saturated rings. The van der Waals surface area contributed by atoms with Crippen LogP contribution in [0.4, 0.5) is 5.82 Å². The zero-order valence-electron chi connectivity index (χ0n) is 16.9. The van der Waals surface area contributed by atoms with Crippen LogP contribution in [-0.4, -0.2) is 43.2 Å². The highest BCUT2D eigenvalue weighted by atomic mass is 127. The third kappa shape index (κ3) is 6.92. The third-order valence-corrected chi connectivity index (χ3v) is 4.84. The lowest BCUT2D eigenvalue weighted by atomic mass is 10.2. The number of aromatic nitrogens is 1. The van der Waals surface area contributed by atoms with Crippen molar-refractivity contribution in [2.75, 3.05) is 31.1 Å². The number of benzene rings is 1. The van der Waals surface area contributed by atoms with Crippen molar-refractivity contribution in [2.24, 2.45) is 4.99 Å². The number of halogens is 2. The van der Waals surface area contributed by atoms with Gasteiger partial charge in [-0.1, -0.05) is 23.7 Å². The molecule has 0 amide bonds. The Labute approximate surface area is 195 Å². The molecule has 1 aliphatic rings. The number of rotatable bonds is 7. The Morgan fingerprint density at radius 2 is 2.17 bits per heavy atom. The van der Waals surface area contributed by atoms with Gasteiger partial charge in [-0.15, -0.1) is 24.0 Å². The van der Waals surface area contributed by atoms with Gasteiger partial charge in [-0.3, -0.25) is 0 Å². The van der Waals surface area contributed by atoms with Crippen molar-refractivity contribution in [1.29, 1.82) is 0 Å². The number of guanidine groups is 1. The van der Waals surface area contributed by atoms with Crippen LogP contribution in [0.2, 0.25) is 5.02 Å². The first kappa shape index (κ1) is 23.5. The van der Waals surface area contributed by atoms with Crippen molar-refractivity contribution >= 4 is 47.4 Å². The van der Waals surface area contributed by atoms with Crippen LogP contribution in [0.25, 0.3) is 0 Å². The minimum atomic E-state index is 0. The minimum Gasteiger partial charge on any atom is -0.494 e. The molecule has 2 heterocycles. The van der Waals surface area contributed by atoms with Gasteiger partial charge in [0.05, 0.1) is 18.2 Å². The first-order valence-electron chi connectivity index (χ1n) is 9.81. The summed E-state index contributed by atoms with van der Waals surface area (Å²) in [6, 6.07) is 12.1. The SMILES string of the molecule is CCNC(=NCc1cccc(OCC)c1)NC1CCN(c2ncccc2Cl)C1.I. The maximum Gasteiger partial charge on any atom is 0.191 e. The van der Waals surface area contributed by atoms with Crippen LogP contribution >= 0.6 is 35.6 Å². The number of ether oxygens (including phenoxy) is 1. The first-order chi connectivity index (χ1) is 13.7. The van der Waals surface area contributed by atoms with E-state index in [1.54, 1.807) is 6.20 Å². The van der Waals surface area contributed by atoms with Crippen LogP contribution in [0.5, 0.6) is 5.75 Å². The van der Waals surface area contributed by atoms with Crippen molar-refractivity contribution in [3.05, 3.63) is 53.2 Å². The summed E-state index contributed by atoms with van der Waals surface area (Å²) in [5.41, 5.74) is 1.12. The van der Waals surface area contributed by atoms with Gasteiger partial charge in [-0.05, 0) is 50.1 Å². The van der Waals surface area contributed by atoms with Gasteiger partial charge in [-0.25, -0.2) is 9.98 Å². The topological polar surface area (TPSA) is 61.8 Å². The predicted octanol–water partition coefficient (Wildman–Crippen LogP) is 4.09. The lowest BCUT2D eigenvalue weighted by molar-refractivity contribution is 0.340. The summed E-state index contributed by atoms with van der Waals surface area (Å²) < 4.78 is 5.57. The van der Waals surface area contributed by atoms with Gasteiger partial charge in [0.1, 0.15) is 11.6 Å². The van der Waals surface area contributed by atoms with E-state index >= 15 is 0 Å². The quantitative estimate of drug-likeness (QED) is 0.321. The molecule has 1 aliphatic heterocycles. The maximum absolute atomic E-state index is 6.29. The molecule has 1 aromatic carbocycles. The fraction of sp³-hybridized carbons (Fsp3) is 0.429. The predicted molar refractivity (Wildman–Crippen MR) is 131 cm³/mol. The fourth-order valence-electron chi connectivity index (χ4n) is 3.26. The molecule has 1 atom stereocenters. The largest absolute Gasteiger partial charge is 0.494 e. The maximum atomic E-state index is 6.29. The molecule has 3 rings (SSSR count). The molecule has 1 unspecified atom stereocenters. The summed E-state index contributed by atoms with van der Waals surface area (Å²) in [5, 5.41) is 7.57. The van der Waals surface area contributed by atoms with Crippen LogP contribution in [0.1, 0.15) is 25.8 Å². The van der Waals surface area contributed by atoms with Crippen molar-refractivity contribution in [2.45, 2.75) is 32.9 Å². The van der Waals surface area contributed by atoms with E-state index in [1.165, 1.54) is 0 Å². The van der Waals surface area contributed by atoms with E-state index in [2.05, 4.69) is 33.5 Å². The molecule has 158 valence electrons. The Bertz CT molecular complexity index is 804. The Morgan fingerprint density at radius 1 is 1.31 bits per heavy atom. The van der Waals surface area contributed by atoms with E-state index in [-0.39, 0.29) is 24.0 Å². The summed E-state index contributed by atoms with van der Waals surface area (Å²) in [6.45, 7) is 7.90. The molecule has 8 heteroatoms. The molecule has 0 bridgehead atoms. The second-order valence-corrected chi connectivity index (χ2v) is 7.07. The van der Waals surface area contributed by atoms with Crippen LogP contribution in [-0.2, 0) is 6.54 Å². The minimum absolute atomic E-state index is 0. The van der Waals surface area contributed by atoms with Gasteiger partial charge in [0.25, 0.3) is 0 Å². The molecule has 2 aromatic rings. The molecule has 1 saturated heterocycles. The van der Waals surface area contributed by atoms with Crippen LogP contribution in [0.3, 0.4) is 0 Å². The van der Waals surface area contributed by atoms with Gasteiger partial charge < -0.3 is 20.3 Å². The molecule has 0 saturated carbocycles. The number of nitrogens with one attached hydrogen (secondary N) is 2. The molecule has 6 nitrogen and oxygen atoms in total. The summed E-state index contributed by atoms with van der Waals surface area (Å²) in [5.74, 6) is 2.55. The van der Waals surface area contributed by atoms with Crippen LogP contribution in [0, 0.1) is 0 Å². The van der Waals surface area contributed by atoms with E-state index in [0.29, 0.717) is 24.2 Å². The normalized spacial score (nSPS) is 16.3. The van der Waals surface area contributed by atoms with Crippen molar-refractivity contribution < 1.29 is 4.74 Å². The Kier molecular flexibility index (Phi) is 9.80. The Morgan fingerprint density at radius 3 is 2.93 bits per heavy atom. The summed E-state index contributed by atoms with van der Waals surface area (Å²) in [7, 11) is 0. The van der Waals surface area contributed by atoms with Crippen molar-refractivity contribution in [1.82, 2.24) is 15.6 Å². The third-order valence-electron chi connectivity index (χ3n) is 4.54. The molecular formula is C21H29ClIN5O. The van der Waals surface area contributed by atoms with E-state index in [9.17, 15) is 0 Å². The number of hydrogen-bond acceptors (Lipinski definition) is 4. The number of aliphatic imine (C=N–C) groups is 1. The lowest BCUT2D eigenvalue weighted by Gasteiger charge is -2.20. The van der Waals surface area contributed by atoms with E-state index in [0.717, 1.165) is 49.1 Å². The van der Waals surface area contributed by atoms with Crippen molar-refractivity contribution in [3.63, 3.8) is 0 Å². The molecule has 1 aromatic heterocycles. The van der Waals surface area contributed by atoms with Gasteiger partial charge in [0.2, 0.25) is 0 Å². The van der Waals surface area contributed by atoms with Crippen LogP contribution < -0.4 is 20.3 Å². The van der Waals surface area contributed by atoms with Crippen molar-refractivity contribution in [3.8, 4) is 5.75 Å². The molecular weight excluding hydrogens is 501 g/mol. The second kappa shape index (κ2) is 12.1. The van der Waals surface area contributed by atoms with E-state index < -0.39 is 0 Å². The van der Waals surface area contributed by atoms with Crippen LogP contribution in [0.15, 0.2) is 47.6 Å². The average Bonchev–Trinajstić information content (AvgIpc) is 3.15. The fourth-order valence-corrected chi connectivity index (χ4v) is 3.51. The molecule has 2 N–H and O–H groups in total. The summed E-state index contributed by atoms with van der Waals surface area (Å²) in [6.07, 6.45) is 2.79. The Balaban J connectivity index is 0.00000300. The van der Waals surface area contributed by atoms with Gasteiger partial charge >= 0.3 is 0 Å². The number of pyridine rings is 1. The highest BCUT2D eigenvalue weighted by Gasteiger charge is 2.25. The molecule has 0 radical (unpaired) electrons. The van der Waals surface area contributed by atoms with E-state index in [1.807, 2.05) is 37.3 Å². The number of anilines is 1. The number of hydrogen-bond donors (Lipinski definition) is 2. The smallest absolute Gasteiger partial charge is 0.191 e. The second-order valence-electron chi connectivity index (χ2n) is 6.66. The standard InChI is InChI=1S/C21H28ClN5O.HI/c1-3-23-21(25-14-16-7-5-8-18(13-16)28-4-2)26-17-10-12-27(15-17)20-19(22)9-6-11-24-20;/h5-9,11,13,17H,3-4,10,12,14-15H2,1-2H3,(H2,23,25,26);1H. The summed E-state index contributed by atoms with van der Waals surface area (Å²) >= 11 is 6.29. The van der Waals surface area contributed by atoms with Gasteiger partial charge in [-0.2, -0.15) is 0 Å². The molecule has 29 heavy (non-hydrogen) atoms. The highest BCUT2D eigenvalue weighted by Crippen LogP contribution is 2.25. The summed E-state index contributed by atoms with van der Waals surface area (Å²) in [4.78, 5) is 11.4. The number of nitrogens with zero attached hydrogens (tertiary/aromatic N) is 3.